The van der Waals surface area contributed by atoms with Gasteiger partial charge in [-0.1, -0.05) is 82.5 Å². The Bertz CT molecular complexity index is 2870. The van der Waals surface area contributed by atoms with E-state index in [9.17, 15) is 24.3 Å². The molecule has 16 nitrogen and oxygen atoms in total. The van der Waals surface area contributed by atoms with Crippen LogP contribution in [-0.2, 0) is 27.5 Å². The van der Waals surface area contributed by atoms with Gasteiger partial charge in [0.15, 0.2) is 0 Å². The van der Waals surface area contributed by atoms with Crippen molar-refractivity contribution in [1.29, 1.82) is 0 Å². The summed E-state index contributed by atoms with van der Waals surface area (Å²) in [6.45, 7) is 14.8. The fourth-order valence-electron chi connectivity index (χ4n) is 9.66. The Morgan fingerprint density at radius 3 is 2.29 bits per heavy atom. The predicted octanol–water partition coefficient (Wildman–Crippen LogP) is 8.54. The quantitative estimate of drug-likeness (QED) is 0.0432. The number of β-amino-alcohol motifs (C(OH)–C–C–N with tert-alkyl or cyclic N) is 1. The van der Waals surface area contributed by atoms with Crippen molar-refractivity contribution < 1.29 is 24.3 Å². The molecule has 8 rings (SSSR count). The van der Waals surface area contributed by atoms with E-state index in [0.29, 0.717) is 49.8 Å². The second-order valence-corrected chi connectivity index (χ2v) is 21.7. The maximum atomic E-state index is 14.1. The number of aliphatic hydroxyl groups excluding tert-OH is 1. The first-order valence-corrected chi connectivity index (χ1v) is 27.1. The molecule has 2 aliphatic heterocycles. The Morgan fingerprint density at radius 1 is 0.827 bits per heavy atom. The molecule has 0 unspecified atom stereocenters. The number of carbonyl (C=O) groups excluding carboxylic acids is 4. The summed E-state index contributed by atoms with van der Waals surface area (Å²) in [4.78, 5) is 78.6. The molecule has 394 valence electrons. The SMILES string of the molecule is Cc1ccc(NC(=O)c2ccc(CN3CCN(C(=O)CCCCCCCN[C@H](C(=O)N4C[C@H](O)C[C@H]4C(=O)NCc4ccc(-c5scnc5C)cc4)C(C)(C)C)CC3)cc2)cc1Nc1nccc(-c2cccnc2)n1. The number of nitrogens with one attached hydrogen (secondary N) is 4. The van der Waals surface area contributed by atoms with Gasteiger partial charge in [0.25, 0.3) is 5.91 Å². The summed E-state index contributed by atoms with van der Waals surface area (Å²) in [5, 5.41) is 23.4. The molecule has 0 bridgehead atoms. The summed E-state index contributed by atoms with van der Waals surface area (Å²) in [6.07, 6.45) is 9.81. The zero-order valence-corrected chi connectivity index (χ0v) is 44.7. The average molecular weight is 1030 g/mol. The highest BCUT2D eigenvalue weighted by molar-refractivity contribution is 7.13. The van der Waals surface area contributed by atoms with Gasteiger partial charge in [-0.05, 0) is 103 Å². The molecule has 3 atom stereocenters. The van der Waals surface area contributed by atoms with Gasteiger partial charge in [-0.3, -0.25) is 29.1 Å². The Morgan fingerprint density at radius 2 is 1.57 bits per heavy atom. The van der Waals surface area contributed by atoms with E-state index in [0.717, 1.165) is 102 Å². The average Bonchev–Trinajstić information content (AvgIpc) is 4.03. The van der Waals surface area contributed by atoms with Crippen LogP contribution in [0.2, 0.25) is 0 Å². The van der Waals surface area contributed by atoms with Crippen LogP contribution < -0.4 is 21.3 Å². The largest absolute Gasteiger partial charge is 0.391 e. The zero-order chi connectivity index (χ0) is 52.9. The van der Waals surface area contributed by atoms with Gasteiger partial charge in [0.2, 0.25) is 23.7 Å². The lowest BCUT2D eigenvalue weighted by atomic mass is 9.85. The Kier molecular flexibility index (Phi) is 18.5. The number of aromatic nitrogens is 4. The minimum Gasteiger partial charge on any atom is -0.391 e. The van der Waals surface area contributed by atoms with Crippen LogP contribution in [-0.4, -0.2) is 121 Å². The number of hydrogen-bond donors (Lipinski definition) is 5. The highest BCUT2D eigenvalue weighted by Crippen LogP contribution is 2.30. The standard InChI is InChI=1S/C58H71N11O5S/c1-39-14-23-46(32-49(39)66-57-61-27-24-48(65-57)45-12-11-25-59-35-45)64-54(72)44-21-17-42(18-22-44)36-67-28-30-68(31-29-67)51(71)13-9-7-6-8-10-26-60-53(58(3,4)5)56(74)69-37-47(70)33-50(69)55(73)62-34-41-15-19-43(20-16-41)52-40(2)63-38-75-52/h11-12,14-25,27,32,35,38,47,50,53,60,70H,6-10,13,26,28-31,33-34,36-37H2,1-5H3,(H,62,73)(H,64,72)(H,61,65,66)/t47-,50+,53-/m1/s1. The van der Waals surface area contributed by atoms with E-state index >= 15 is 0 Å². The molecular weight excluding hydrogens is 963 g/mol. The van der Waals surface area contributed by atoms with Gasteiger partial charge in [0.05, 0.1) is 33.9 Å². The van der Waals surface area contributed by atoms with Crippen molar-refractivity contribution in [1.82, 2.24) is 45.3 Å². The number of thiazole rings is 1. The predicted molar refractivity (Wildman–Crippen MR) is 295 cm³/mol. The summed E-state index contributed by atoms with van der Waals surface area (Å²) in [5.41, 5.74) is 10.2. The minimum atomic E-state index is -0.764. The number of benzene rings is 3. The summed E-state index contributed by atoms with van der Waals surface area (Å²) < 4.78 is 0. The summed E-state index contributed by atoms with van der Waals surface area (Å²) >= 11 is 1.60. The normalized spacial score (nSPS) is 16.4. The van der Waals surface area contributed by atoms with Gasteiger partial charge in [-0.25, -0.2) is 15.0 Å². The molecular formula is C58H71N11O5S. The maximum Gasteiger partial charge on any atom is 0.255 e. The number of anilines is 3. The second kappa shape index (κ2) is 25.5. The van der Waals surface area contributed by atoms with Crippen molar-refractivity contribution in [3.8, 4) is 21.7 Å². The molecule has 3 aromatic heterocycles. The third-order valence-corrected chi connectivity index (χ3v) is 15.0. The van der Waals surface area contributed by atoms with Crippen LogP contribution >= 0.6 is 11.3 Å². The molecule has 5 heterocycles. The van der Waals surface area contributed by atoms with Gasteiger partial charge >= 0.3 is 0 Å². The van der Waals surface area contributed by atoms with Crippen LogP contribution in [0.15, 0.2) is 109 Å². The highest BCUT2D eigenvalue weighted by Gasteiger charge is 2.43. The van der Waals surface area contributed by atoms with Crippen LogP contribution in [0.4, 0.5) is 17.3 Å². The third-order valence-electron chi connectivity index (χ3n) is 14.0. The molecule has 2 saturated heterocycles. The molecule has 2 aliphatic rings. The number of carbonyl (C=O) groups is 4. The van der Waals surface area contributed by atoms with E-state index in [-0.39, 0.29) is 36.6 Å². The number of hydrogen-bond acceptors (Lipinski definition) is 13. The first kappa shape index (κ1) is 54.3. The number of likely N-dealkylation sites (tertiary alicyclic amines) is 1. The number of amides is 4. The van der Waals surface area contributed by atoms with Gasteiger partial charge < -0.3 is 36.2 Å². The Labute approximate surface area is 444 Å². The van der Waals surface area contributed by atoms with Gasteiger partial charge in [-0.2, -0.15) is 0 Å². The van der Waals surface area contributed by atoms with Crippen molar-refractivity contribution in [3.05, 3.63) is 137 Å². The number of unbranched alkanes of at least 4 members (excludes halogenated alkanes) is 4. The van der Waals surface area contributed by atoms with E-state index in [1.165, 1.54) is 0 Å². The lowest BCUT2D eigenvalue weighted by molar-refractivity contribution is -0.142. The maximum absolute atomic E-state index is 14.1. The molecule has 0 aliphatic carbocycles. The van der Waals surface area contributed by atoms with Crippen LogP contribution in [0.25, 0.3) is 21.7 Å². The summed E-state index contributed by atoms with van der Waals surface area (Å²) in [5.74, 6) is 0.00875. The number of aryl methyl sites for hydroxylation is 2. The van der Waals surface area contributed by atoms with Crippen LogP contribution in [0.5, 0.6) is 0 Å². The molecule has 5 N–H and O–H groups in total. The highest BCUT2D eigenvalue weighted by atomic mass is 32.1. The molecule has 0 radical (unpaired) electrons. The van der Waals surface area contributed by atoms with Gasteiger partial charge in [0, 0.05) is 99.7 Å². The number of piperazine rings is 1. The molecule has 17 heteroatoms. The second-order valence-electron chi connectivity index (χ2n) is 20.8. The first-order valence-electron chi connectivity index (χ1n) is 26.2. The third kappa shape index (κ3) is 14.9. The van der Waals surface area contributed by atoms with E-state index in [1.54, 1.807) is 34.8 Å². The molecule has 4 amide bonds. The molecule has 2 fully saturated rings. The molecule has 0 spiro atoms. The van der Waals surface area contributed by atoms with Crippen LogP contribution in [0.1, 0.15) is 98.5 Å². The molecule has 75 heavy (non-hydrogen) atoms. The topological polar surface area (TPSA) is 198 Å². The number of aliphatic hydroxyl groups is 1. The molecule has 3 aromatic carbocycles. The number of pyridine rings is 1. The molecule has 0 saturated carbocycles. The number of nitrogens with zero attached hydrogens (tertiary/aromatic N) is 7. The van der Waals surface area contributed by atoms with E-state index in [1.807, 2.05) is 130 Å². The van der Waals surface area contributed by atoms with Crippen LogP contribution in [0, 0.1) is 19.3 Å². The minimum absolute atomic E-state index is 0.125. The smallest absolute Gasteiger partial charge is 0.255 e. The fraction of sp³-hybridized carbons (Fsp3) is 0.414. The van der Waals surface area contributed by atoms with Crippen molar-refractivity contribution in [3.63, 3.8) is 0 Å². The van der Waals surface area contributed by atoms with Crippen molar-refractivity contribution in [2.45, 2.75) is 111 Å². The monoisotopic (exact) mass is 1030 g/mol. The lowest BCUT2D eigenvalue weighted by Gasteiger charge is -2.35. The Hall–Kier alpha value is -6.92. The van der Waals surface area contributed by atoms with E-state index < -0.39 is 23.6 Å². The van der Waals surface area contributed by atoms with Crippen LogP contribution in [0.3, 0.4) is 0 Å². The molecule has 6 aromatic rings. The van der Waals surface area contributed by atoms with Crippen molar-refractivity contribution in [2.75, 3.05) is 49.9 Å². The van der Waals surface area contributed by atoms with Crippen molar-refractivity contribution in [2.24, 2.45) is 5.41 Å². The van der Waals surface area contributed by atoms with Gasteiger partial charge in [0.1, 0.15) is 6.04 Å². The van der Waals surface area contributed by atoms with E-state index in [2.05, 4.69) is 46.1 Å². The fourth-order valence-corrected chi connectivity index (χ4v) is 10.5. The van der Waals surface area contributed by atoms with E-state index in [4.69, 9.17) is 0 Å². The summed E-state index contributed by atoms with van der Waals surface area (Å²) in [6, 6.07) is 25.8. The van der Waals surface area contributed by atoms with Gasteiger partial charge in [-0.15, -0.1) is 11.3 Å². The Balaban J connectivity index is 0.699. The lowest BCUT2D eigenvalue weighted by Crippen LogP contribution is -2.56. The first-order chi connectivity index (χ1) is 36.2. The summed E-state index contributed by atoms with van der Waals surface area (Å²) in [7, 11) is 0. The zero-order valence-electron chi connectivity index (χ0n) is 43.8. The number of rotatable bonds is 21. The van der Waals surface area contributed by atoms with Crippen molar-refractivity contribution >= 4 is 52.3 Å².